The summed E-state index contributed by atoms with van der Waals surface area (Å²) < 4.78 is 0. The van der Waals surface area contributed by atoms with E-state index in [-0.39, 0.29) is 0 Å². The second-order valence-electron chi connectivity index (χ2n) is 3.59. The van der Waals surface area contributed by atoms with Crippen LogP contribution in [0.1, 0.15) is 11.6 Å². The molecule has 3 nitrogen and oxygen atoms in total. The van der Waals surface area contributed by atoms with Gasteiger partial charge in [-0.1, -0.05) is 48.2 Å². The first-order valence-electron chi connectivity index (χ1n) is 5.39. The maximum absolute atomic E-state index is 10.7. The Kier molecular flexibility index (Phi) is 4.11. The van der Waals surface area contributed by atoms with Crippen LogP contribution < -0.4 is 0 Å². The van der Waals surface area contributed by atoms with Crippen LogP contribution in [0.5, 0.6) is 0 Å². The zero-order chi connectivity index (χ0) is 12.8. The smallest absolute Gasteiger partial charge is 0.195 e. The molecule has 2 rings (SSSR count). The van der Waals surface area contributed by atoms with Gasteiger partial charge >= 0.3 is 0 Å². The topological polar surface area (TPSA) is 53.2 Å². The third-order valence-corrected chi connectivity index (χ3v) is 3.51. The minimum atomic E-state index is -0.947. The molecule has 1 unspecified atom stereocenters. The van der Waals surface area contributed by atoms with Crippen molar-refractivity contribution in [3.05, 3.63) is 65.1 Å². The van der Waals surface area contributed by atoms with E-state index in [1.807, 2.05) is 48.5 Å². The van der Waals surface area contributed by atoms with E-state index in [1.165, 1.54) is 11.8 Å². The monoisotopic (exact) mass is 254 g/mol. The van der Waals surface area contributed by atoms with Crippen molar-refractivity contribution in [1.82, 2.24) is 0 Å². The molecule has 0 aliphatic rings. The molecule has 18 heavy (non-hydrogen) atoms. The highest BCUT2D eigenvalue weighted by Gasteiger charge is 2.15. The summed E-state index contributed by atoms with van der Waals surface area (Å²) in [6, 6.07) is 18.1. The average Bonchev–Trinajstić information content (AvgIpc) is 2.43. The predicted molar refractivity (Wildman–Crippen MR) is 71.2 cm³/mol. The maximum atomic E-state index is 10.7. The van der Waals surface area contributed by atoms with Crippen LogP contribution in [0.4, 0.5) is 0 Å². The molecule has 0 amide bonds. The molecule has 0 aliphatic heterocycles. The molecule has 0 aromatic heterocycles. The molecule has 2 aromatic carbocycles. The largest absolute Gasteiger partial charge is 0.204 e. The third kappa shape index (κ3) is 2.76. The van der Waals surface area contributed by atoms with Crippen LogP contribution in [0.25, 0.3) is 0 Å². The summed E-state index contributed by atoms with van der Waals surface area (Å²) >= 11 is 1.52. The Balaban J connectivity index is 2.34. The van der Waals surface area contributed by atoms with E-state index in [2.05, 4.69) is 5.18 Å². The van der Waals surface area contributed by atoms with Gasteiger partial charge in [0.15, 0.2) is 0 Å². The van der Waals surface area contributed by atoms with Gasteiger partial charge in [-0.05, 0) is 23.4 Å². The molecule has 0 aliphatic carbocycles. The average molecular weight is 254 g/mol. The van der Waals surface area contributed by atoms with Crippen molar-refractivity contribution in [2.24, 2.45) is 5.18 Å². The molecular weight excluding hydrogens is 244 g/mol. The van der Waals surface area contributed by atoms with Gasteiger partial charge in [0.2, 0.25) is 6.04 Å². The number of benzene rings is 2. The van der Waals surface area contributed by atoms with Crippen molar-refractivity contribution in [2.75, 3.05) is 0 Å². The summed E-state index contributed by atoms with van der Waals surface area (Å²) in [5, 5.41) is 11.8. The van der Waals surface area contributed by atoms with Crippen molar-refractivity contribution in [3.8, 4) is 6.07 Å². The number of rotatable bonds is 4. The van der Waals surface area contributed by atoms with Crippen LogP contribution in [0, 0.1) is 16.2 Å². The Labute approximate surface area is 109 Å². The zero-order valence-corrected chi connectivity index (χ0v) is 10.3. The van der Waals surface area contributed by atoms with Gasteiger partial charge in [-0.25, -0.2) is 0 Å². The van der Waals surface area contributed by atoms with Crippen LogP contribution in [0.3, 0.4) is 0 Å². The van der Waals surface area contributed by atoms with Crippen LogP contribution in [0.2, 0.25) is 0 Å². The zero-order valence-electron chi connectivity index (χ0n) is 9.48. The fourth-order valence-electron chi connectivity index (χ4n) is 1.56. The summed E-state index contributed by atoms with van der Waals surface area (Å²) in [4.78, 5) is 12.6. The van der Waals surface area contributed by atoms with E-state index in [4.69, 9.17) is 5.26 Å². The van der Waals surface area contributed by atoms with Gasteiger partial charge in [-0.3, -0.25) is 0 Å². The molecule has 0 saturated heterocycles. The first-order valence-corrected chi connectivity index (χ1v) is 6.20. The summed E-state index contributed by atoms with van der Waals surface area (Å²) in [5.74, 6) is 0. The SMILES string of the molecule is N#CC(N=O)c1ccccc1Sc1ccccc1. The molecule has 0 N–H and O–H groups in total. The second kappa shape index (κ2) is 5.99. The lowest BCUT2D eigenvalue weighted by molar-refractivity contribution is 0.890. The number of nitriles is 1. The summed E-state index contributed by atoms with van der Waals surface area (Å²) in [5.41, 5.74) is 0.656. The van der Waals surface area contributed by atoms with Gasteiger partial charge in [0.1, 0.15) is 0 Å². The van der Waals surface area contributed by atoms with Crippen molar-refractivity contribution in [2.45, 2.75) is 15.8 Å². The van der Waals surface area contributed by atoms with Crippen LogP contribution in [-0.2, 0) is 0 Å². The van der Waals surface area contributed by atoms with Gasteiger partial charge in [0, 0.05) is 15.4 Å². The molecule has 2 aromatic rings. The van der Waals surface area contributed by atoms with E-state index in [0.29, 0.717) is 5.56 Å². The highest BCUT2D eigenvalue weighted by Crippen LogP contribution is 2.33. The van der Waals surface area contributed by atoms with Gasteiger partial charge in [-0.15, -0.1) is 4.91 Å². The van der Waals surface area contributed by atoms with E-state index in [9.17, 15) is 4.91 Å². The molecule has 0 radical (unpaired) electrons. The Hall–Kier alpha value is -2.12. The maximum Gasteiger partial charge on any atom is 0.204 e. The van der Waals surface area contributed by atoms with Crippen molar-refractivity contribution in [3.63, 3.8) is 0 Å². The molecule has 0 heterocycles. The Morgan fingerprint density at radius 3 is 2.39 bits per heavy atom. The first-order chi connectivity index (χ1) is 8.85. The number of nitroso groups, excluding NO2 is 1. The number of nitrogens with zero attached hydrogens (tertiary/aromatic N) is 2. The fraction of sp³-hybridized carbons (Fsp3) is 0.0714. The number of hydrogen-bond donors (Lipinski definition) is 0. The molecule has 0 bridgehead atoms. The minimum absolute atomic E-state index is 0.656. The molecule has 4 heteroatoms. The Morgan fingerprint density at radius 2 is 1.72 bits per heavy atom. The molecular formula is C14H10N2OS. The molecule has 0 spiro atoms. The fourth-order valence-corrected chi connectivity index (χ4v) is 2.56. The lowest BCUT2D eigenvalue weighted by Gasteiger charge is -2.08. The Morgan fingerprint density at radius 1 is 1.06 bits per heavy atom. The summed E-state index contributed by atoms with van der Waals surface area (Å²) in [6.07, 6.45) is 0. The van der Waals surface area contributed by atoms with Gasteiger partial charge in [0.25, 0.3) is 0 Å². The summed E-state index contributed by atoms with van der Waals surface area (Å²) in [7, 11) is 0. The lowest BCUT2D eigenvalue weighted by Crippen LogP contribution is -1.93. The number of hydrogen-bond acceptors (Lipinski definition) is 4. The van der Waals surface area contributed by atoms with E-state index in [1.54, 1.807) is 12.1 Å². The van der Waals surface area contributed by atoms with Crippen molar-refractivity contribution in [1.29, 1.82) is 5.26 Å². The molecule has 1 atom stereocenters. The van der Waals surface area contributed by atoms with Crippen LogP contribution in [-0.4, -0.2) is 0 Å². The Bertz CT molecular complexity index is 578. The molecule has 88 valence electrons. The molecule has 0 saturated carbocycles. The standard InChI is InChI=1S/C14H10N2OS/c15-10-13(16-17)12-8-4-5-9-14(12)18-11-6-2-1-3-7-11/h1-9,13H. The quantitative estimate of drug-likeness (QED) is 0.769. The lowest BCUT2D eigenvalue weighted by atomic mass is 10.1. The third-order valence-electron chi connectivity index (χ3n) is 2.41. The highest BCUT2D eigenvalue weighted by atomic mass is 32.2. The van der Waals surface area contributed by atoms with Crippen molar-refractivity contribution >= 4 is 11.8 Å². The minimum Gasteiger partial charge on any atom is -0.195 e. The van der Waals surface area contributed by atoms with Gasteiger partial charge < -0.3 is 0 Å². The first kappa shape index (κ1) is 12.3. The molecule has 0 fully saturated rings. The van der Waals surface area contributed by atoms with Crippen molar-refractivity contribution < 1.29 is 0 Å². The predicted octanol–water partition coefficient (Wildman–Crippen LogP) is 4.17. The highest BCUT2D eigenvalue weighted by molar-refractivity contribution is 7.99. The van der Waals surface area contributed by atoms with E-state index in [0.717, 1.165) is 9.79 Å². The van der Waals surface area contributed by atoms with Gasteiger partial charge in [-0.2, -0.15) is 5.26 Å². The van der Waals surface area contributed by atoms with Crippen LogP contribution >= 0.6 is 11.8 Å². The van der Waals surface area contributed by atoms with E-state index < -0.39 is 6.04 Å². The second-order valence-corrected chi connectivity index (χ2v) is 4.71. The summed E-state index contributed by atoms with van der Waals surface area (Å²) in [6.45, 7) is 0. The van der Waals surface area contributed by atoms with Crippen LogP contribution in [0.15, 0.2) is 69.6 Å². The van der Waals surface area contributed by atoms with E-state index >= 15 is 0 Å². The van der Waals surface area contributed by atoms with Gasteiger partial charge in [0.05, 0.1) is 6.07 Å². The normalized spacial score (nSPS) is 11.5.